The lowest BCUT2D eigenvalue weighted by atomic mass is 9.90. The van der Waals surface area contributed by atoms with Crippen molar-refractivity contribution in [3.8, 4) is 5.75 Å². The van der Waals surface area contributed by atoms with Gasteiger partial charge in [-0.3, -0.25) is 0 Å². The van der Waals surface area contributed by atoms with Crippen LogP contribution in [0, 0.1) is 0 Å². The van der Waals surface area contributed by atoms with Crippen molar-refractivity contribution in [3.63, 3.8) is 0 Å². The minimum atomic E-state index is 0.113. The standard InChI is InChI=1S/C15H19ClO2/c16-12-4-3-5-13(10-12)18-14-6-9-17-15(11-14)7-1-2-8-15/h3-5,10,14H,1-2,6-9,11H2. The van der Waals surface area contributed by atoms with Crippen LogP contribution in [0.3, 0.4) is 0 Å². The van der Waals surface area contributed by atoms with E-state index in [1.54, 1.807) is 0 Å². The quantitative estimate of drug-likeness (QED) is 0.798. The first-order chi connectivity index (χ1) is 8.76. The van der Waals surface area contributed by atoms with Gasteiger partial charge in [0.2, 0.25) is 0 Å². The first-order valence-electron chi connectivity index (χ1n) is 6.82. The zero-order chi connectivity index (χ0) is 12.4. The second-order valence-electron chi connectivity index (χ2n) is 5.43. The Labute approximate surface area is 113 Å². The zero-order valence-corrected chi connectivity index (χ0v) is 11.3. The molecule has 18 heavy (non-hydrogen) atoms. The van der Waals surface area contributed by atoms with Gasteiger partial charge in [-0.25, -0.2) is 0 Å². The number of ether oxygens (including phenoxy) is 2. The summed E-state index contributed by atoms with van der Waals surface area (Å²) in [5, 5.41) is 0.732. The highest BCUT2D eigenvalue weighted by Crippen LogP contribution is 2.40. The van der Waals surface area contributed by atoms with E-state index < -0.39 is 0 Å². The lowest BCUT2D eigenvalue weighted by Crippen LogP contribution is -2.41. The van der Waals surface area contributed by atoms with E-state index in [0.717, 1.165) is 30.2 Å². The van der Waals surface area contributed by atoms with Crippen LogP contribution in [0.25, 0.3) is 0 Å². The van der Waals surface area contributed by atoms with Crippen molar-refractivity contribution in [2.45, 2.75) is 50.2 Å². The van der Waals surface area contributed by atoms with E-state index in [9.17, 15) is 0 Å². The molecule has 1 saturated carbocycles. The third-order valence-corrected chi connectivity index (χ3v) is 4.30. The molecule has 0 radical (unpaired) electrons. The van der Waals surface area contributed by atoms with Crippen LogP contribution in [0.4, 0.5) is 0 Å². The third-order valence-electron chi connectivity index (χ3n) is 4.06. The molecule has 0 bridgehead atoms. The van der Waals surface area contributed by atoms with Crippen molar-refractivity contribution in [1.29, 1.82) is 0 Å². The smallest absolute Gasteiger partial charge is 0.121 e. The average Bonchev–Trinajstić information content (AvgIpc) is 2.77. The van der Waals surface area contributed by atoms with Crippen LogP contribution in [-0.4, -0.2) is 18.3 Å². The molecule has 0 N–H and O–H groups in total. The van der Waals surface area contributed by atoms with Crippen molar-refractivity contribution in [2.75, 3.05) is 6.61 Å². The van der Waals surface area contributed by atoms with E-state index in [1.165, 1.54) is 25.7 Å². The van der Waals surface area contributed by atoms with Gasteiger partial charge in [-0.2, -0.15) is 0 Å². The summed E-state index contributed by atoms with van der Waals surface area (Å²) in [6, 6.07) is 7.67. The van der Waals surface area contributed by atoms with Crippen LogP contribution < -0.4 is 4.74 Å². The summed E-state index contributed by atoms with van der Waals surface area (Å²) in [5.74, 6) is 0.877. The predicted octanol–water partition coefficient (Wildman–Crippen LogP) is 4.21. The first kappa shape index (κ1) is 12.3. The van der Waals surface area contributed by atoms with E-state index in [-0.39, 0.29) is 11.7 Å². The Morgan fingerprint density at radius 3 is 2.89 bits per heavy atom. The Morgan fingerprint density at radius 1 is 1.28 bits per heavy atom. The Balaban J connectivity index is 1.66. The van der Waals surface area contributed by atoms with Gasteiger partial charge in [-0.05, 0) is 31.0 Å². The summed E-state index contributed by atoms with van der Waals surface area (Å²) in [7, 11) is 0. The topological polar surface area (TPSA) is 18.5 Å². The van der Waals surface area contributed by atoms with Gasteiger partial charge in [-0.15, -0.1) is 0 Å². The summed E-state index contributed by atoms with van der Waals surface area (Å²) in [6.45, 7) is 0.825. The molecule has 1 unspecified atom stereocenters. The molecule has 2 aliphatic rings. The highest BCUT2D eigenvalue weighted by molar-refractivity contribution is 6.30. The van der Waals surface area contributed by atoms with Crippen LogP contribution in [-0.2, 0) is 4.74 Å². The summed E-state index contributed by atoms with van der Waals surface area (Å²) < 4.78 is 12.1. The van der Waals surface area contributed by atoms with E-state index in [2.05, 4.69) is 0 Å². The fourth-order valence-electron chi connectivity index (χ4n) is 3.18. The third kappa shape index (κ3) is 2.65. The SMILES string of the molecule is Clc1cccc(OC2CCOC3(CCCC3)C2)c1. The van der Waals surface area contributed by atoms with Gasteiger partial charge in [0.05, 0.1) is 12.2 Å². The number of hydrogen-bond donors (Lipinski definition) is 0. The van der Waals surface area contributed by atoms with Crippen LogP contribution in [0.2, 0.25) is 5.02 Å². The Morgan fingerprint density at radius 2 is 2.11 bits per heavy atom. The lowest BCUT2D eigenvalue weighted by Gasteiger charge is -2.38. The molecule has 2 fully saturated rings. The van der Waals surface area contributed by atoms with Crippen molar-refractivity contribution in [2.24, 2.45) is 0 Å². The van der Waals surface area contributed by atoms with Gasteiger partial charge in [0, 0.05) is 17.9 Å². The molecule has 3 heteroatoms. The molecule has 2 nitrogen and oxygen atoms in total. The maximum absolute atomic E-state index is 6.06. The summed E-state index contributed by atoms with van der Waals surface area (Å²) >= 11 is 5.98. The van der Waals surface area contributed by atoms with Gasteiger partial charge in [0.25, 0.3) is 0 Å². The molecule has 98 valence electrons. The van der Waals surface area contributed by atoms with Crippen LogP contribution in [0.15, 0.2) is 24.3 Å². The molecular formula is C15H19ClO2. The maximum atomic E-state index is 6.06. The molecular weight excluding hydrogens is 248 g/mol. The summed E-state index contributed by atoms with van der Waals surface area (Å²) in [4.78, 5) is 0. The maximum Gasteiger partial charge on any atom is 0.121 e. The molecule has 1 aromatic carbocycles. The van der Waals surface area contributed by atoms with Crippen molar-refractivity contribution in [1.82, 2.24) is 0 Å². The van der Waals surface area contributed by atoms with E-state index in [0.29, 0.717) is 0 Å². The fourth-order valence-corrected chi connectivity index (χ4v) is 3.36. The Bertz CT molecular complexity index is 413. The summed E-state index contributed by atoms with van der Waals surface area (Å²) in [5.41, 5.74) is 0.113. The largest absolute Gasteiger partial charge is 0.490 e. The first-order valence-corrected chi connectivity index (χ1v) is 7.20. The van der Waals surface area contributed by atoms with E-state index in [1.807, 2.05) is 24.3 Å². The fraction of sp³-hybridized carbons (Fsp3) is 0.600. The highest BCUT2D eigenvalue weighted by atomic mass is 35.5. The molecule has 3 rings (SSSR count). The molecule has 0 aromatic heterocycles. The van der Waals surface area contributed by atoms with Gasteiger partial charge in [0.15, 0.2) is 0 Å². The van der Waals surface area contributed by atoms with Crippen molar-refractivity contribution >= 4 is 11.6 Å². The Kier molecular flexibility index (Phi) is 3.49. The number of hydrogen-bond acceptors (Lipinski definition) is 2. The second-order valence-corrected chi connectivity index (χ2v) is 5.87. The van der Waals surface area contributed by atoms with E-state index in [4.69, 9.17) is 21.1 Å². The van der Waals surface area contributed by atoms with Crippen LogP contribution >= 0.6 is 11.6 Å². The molecule has 1 heterocycles. The zero-order valence-electron chi connectivity index (χ0n) is 10.5. The molecule has 1 aliphatic carbocycles. The second kappa shape index (κ2) is 5.10. The molecule has 0 amide bonds. The van der Waals surface area contributed by atoms with E-state index >= 15 is 0 Å². The normalized spacial score (nSPS) is 26.4. The minimum absolute atomic E-state index is 0.113. The molecule has 1 aromatic rings. The number of rotatable bonds is 2. The van der Waals surface area contributed by atoms with Gasteiger partial charge < -0.3 is 9.47 Å². The van der Waals surface area contributed by atoms with Crippen LogP contribution in [0.5, 0.6) is 5.75 Å². The van der Waals surface area contributed by atoms with Crippen LogP contribution in [0.1, 0.15) is 38.5 Å². The highest BCUT2D eigenvalue weighted by Gasteiger charge is 2.40. The van der Waals surface area contributed by atoms with Gasteiger partial charge >= 0.3 is 0 Å². The molecule has 1 saturated heterocycles. The predicted molar refractivity (Wildman–Crippen MR) is 72.3 cm³/mol. The minimum Gasteiger partial charge on any atom is -0.490 e. The molecule has 1 atom stereocenters. The van der Waals surface area contributed by atoms with Crippen molar-refractivity contribution in [3.05, 3.63) is 29.3 Å². The lowest BCUT2D eigenvalue weighted by molar-refractivity contribution is -0.108. The van der Waals surface area contributed by atoms with Gasteiger partial charge in [0.1, 0.15) is 11.9 Å². The summed E-state index contributed by atoms with van der Waals surface area (Å²) in [6.07, 6.45) is 7.27. The Hall–Kier alpha value is -0.730. The van der Waals surface area contributed by atoms with Gasteiger partial charge in [-0.1, -0.05) is 30.5 Å². The average molecular weight is 267 g/mol. The monoisotopic (exact) mass is 266 g/mol. The number of halogens is 1. The van der Waals surface area contributed by atoms with Crippen molar-refractivity contribution < 1.29 is 9.47 Å². The molecule has 1 spiro atoms. The molecule has 1 aliphatic heterocycles. The number of benzene rings is 1.